The molecule has 0 radical (unpaired) electrons. The van der Waals surface area contributed by atoms with E-state index in [1.807, 2.05) is 13.0 Å². The Morgan fingerprint density at radius 3 is 2.94 bits per heavy atom. The van der Waals surface area contributed by atoms with Gasteiger partial charge in [-0.05, 0) is 25.5 Å². The minimum absolute atomic E-state index is 0.328. The van der Waals surface area contributed by atoms with E-state index in [2.05, 4.69) is 0 Å². The van der Waals surface area contributed by atoms with Gasteiger partial charge in [0.2, 0.25) is 0 Å². The van der Waals surface area contributed by atoms with Crippen molar-refractivity contribution in [2.45, 2.75) is 13.8 Å². The normalized spacial score (nSPS) is 10.7. The number of hydrogen-bond donors (Lipinski definition) is 0. The number of carbonyl (C=O) groups is 1. The van der Waals surface area contributed by atoms with Crippen LogP contribution in [0.1, 0.15) is 22.8 Å². The van der Waals surface area contributed by atoms with Crippen LogP contribution in [0.15, 0.2) is 22.8 Å². The van der Waals surface area contributed by atoms with Crippen LogP contribution < -0.4 is 0 Å². The van der Waals surface area contributed by atoms with Gasteiger partial charge in [-0.1, -0.05) is 17.7 Å². The summed E-state index contributed by atoms with van der Waals surface area (Å²) in [5.41, 5.74) is 1.95. The first-order valence-electron chi connectivity index (χ1n) is 4.98. The Hall–Kier alpha value is -1.48. The predicted octanol–water partition coefficient (Wildman–Crippen LogP) is 3.57. The third kappa shape index (κ3) is 1.67. The Morgan fingerprint density at radius 2 is 2.25 bits per heavy atom. The maximum Gasteiger partial charge on any atom is 0.342 e. The maximum atomic E-state index is 11.6. The zero-order valence-corrected chi connectivity index (χ0v) is 9.80. The molecule has 0 aliphatic heterocycles. The second-order valence-corrected chi connectivity index (χ2v) is 3.85. The van der Waals surface area contributed by atoms with Crippen molar-refractivity contribution in [3.8, 4) is 0 Å². The first-order chi connectivity index (χ1) is 7.65. The van der Waals surface area contributed by atoms with Gasteiger partial charge in [0.25, 0.3) is 0 Å². The highest BCUT2D eigenvalue weighted by Gasteiger charge is 2.18. The van der Waals surface area contributed by atoms with Crippen LogP contribution in [-0.4, -0.2) is 12.6 Å². The molecule has 2 rings (SSSR count). The average Bonchev–Trinajstić information content (AvgIpc) is 2.69. The van der Waals surface area contributed by atoms with Crippen LogP contribution in [0.5, 0.6) is 0 Å². The summed E-state index contributed by atoms with van der Waals surface area (Å²) in [6.07, 6.45) is 1.39. The molecule has 0 unspecified atom stereocenters. The molecule has 16 heavy (non-hydrogen) atoms. The van der Waals surface area contributed by atoms with Crippen LogP contribution in [0, 0.1) is 6.92 Å². The van der Waals surface area contributed by atoms with Gasteiger partial charge in [-0.15, -0.1) is 0 Å². The number of furan rings is 1. The van der Waals surface area contributed by atoms with Crippen LogP contribution >= 0.6 is 11.6 Å². The lowest BCUT2D eigenvalue weighted by Gasteiger charge is -2.01. The molecule has 0 aliphatic carbocycles. The number of aryl methyl sites for hydroxylation is 1. The zero-order chi connectivity index (χ0) is 11.7. The van der Waals surface area contributed by atoms with E-state index >= 15 is 0 Å². The summed E-state index contributed by atoms with van der Waals surface area (Å²) < 4.78 is 10.3. The van der Waals surface area contributed by atoms with Crippen molar-refractivity contribution in [1.82, 2.24) is 0 Å². The van der Waals surface area contributed by atoms with E-state index in [9.17, 15) is 4.79 Å². The van der Waals surface area contributed by atoms with Gasteiger partial charge in [0, 0.05) is 0 Å². The third-order valence-corrected chi connectivity index (χ3v) is 2.68. The van der Waals surface area contributed by atoms with E-state index in [0.717, 1.165) is 5.56 Å². The second kappa shape index (κ2) is 4.18. The van der Waals surface area contributed by atoms with Gasteiger partial charge in [0.15, 0.2) is 0 Å². The van der Waals surface area contributed by atoms with Crippen molar-refractivity contribution < 1.29 is 13.9 Å². The lowest BCUT2D eigenvalue weighted by atomic mass is 10.1. The van der Waals surface area contributed by atoms with E-state index in [1.54, 1.807) is 13.0 Å². The quantitative estimate of drug-likeness (QED) is 0.751. The highest BCUT2D eigenvalue weighted by molar-refractivity contribution is 6.36. The molecule has 0 spiro atoms. The molecule has 4 heteroatoms. The van der Waals surface area contributed by atoms with Crippen LogP contribution in [0.4, 0.5) is 0 Å². The summed E-state index contributed by atoms with van der Waals surface area (Å²) in [6.45, 7) is 3.99. The van der Waals surface area contributed by atoms with E-state index in [1.165, 1.54) is 6.26 Å². The Bertz CT molecular complexity index is 542. The van der Waals surface area contributed by atoms with Gasteiger partial charge < -0.3 is 9.15 Å². The van der Waals surface area contributed by atoms with Crippen molar-refractivity contribution in [2.24, 2.45) is 0 Å². The van der Waals surface area contributed by atoms with Crippen molar-refractivity contribution in [3.63, 3.8) is 0 Å². The molecule has 84 valence electrons. The molecule has 2 aromatic rings. The Kier molecular flexibility index (Phi) is 2.88. The van der Waals surface area contributed by atoms with E-state index in [-0.39, 0.29) is 0 Å². The molecule has 1 heterocycles. The van der Waals surface area contributed by atoms with Crippen LogP contribution in [0.25, 0.3) is 11.0 Å². The third-order valence-electron chi connectivity index (χ3n) is 2.36. The van der Waals surface area contributed by atoms with Crippen molar-refractivity contribution in [1.29, 1.82) is 0 Å². The number of esters is 1. The van der Waals surface area contributed by atoms with Gasteiger partial charge in [0.1, 0.15) is 17.4 Å². The number of carbonyl (C=O) groups excluding carboxylic acids is 1. The molecule has 1 aromatic carbocycles. The maximum absolute atomic E-state index is 11.6. The molecule has 0 atom stereocenters. The van der Waals surface area contributed by atoms with E-state index < -0.39 is 5.97 Å². The Morgan fingerprint density at radius 1 is 1.50 bits per heavy atom. The Labute approximate surface area is 97.9 Å². The van der Waals surface area contributed by atoms with Crippen molar-refractivity contribution in [3.05, 3.63) is 34.5 Å². The molecule has 3 nitrogen and oxygen atoms in total. The topological polar surface area (TPSA) is 39.4 Å². The number of hydrogen-bond acceptors (Lipinski definition) is 3. The molecule has 0 bridgehead atoms. The van der Waals surface area contributed by atoms with Crippen molar-refractivity contribution >= 4 is 28.5 Å². The van der Waals surface area contributed by atoms with Gasteiger partial charge in [0.05, 0.1) is 17.0 Å². The molecule has 0 aliphatic rings. The molecular weight excluding hydrogens is 228 g/mol. The van der Waals surface area contributed by atoms with Gasteiger partial charge in [-0.3, -0.25) is 0 Å². The molecule has 1 aromatic heterocycles. The highest BCUT2D eigenvalue weighted by atomic mass is 35.5. The largest absolute Gasteiger partial charge is 0.463 e. The molecule has 0 N–H and O–H groups in total. The average molecular weight is 239 g/mol. The number of rotatable bonds is 2. The first kappa shape index (κ1) is 11.0. The Balaban J connectivity index is 2.64. The molecular formula is C12H11ClO3. The van der Waals surface area contributed by atoms with E-state index in [4.69, 9.17) is 20.8 Å². The van der Waals surface area contributed by atoms with Crippen molar-refractivity contribution in [2.75, 3.05) is 6.61 Å². The number of halogens is 1. The van der Waals surface area contributed by atoms with Gasteiger partial charge in [-0.25, -0.2) is 4.79 Å². The van der Waals surface area contributed by atoms with Crippen LogP contribution in [0.2, 0.25) is 5.02 Å². The smallest absolute Gasteiger partial charge is 0.342 e. The molecule has 0 amide bonds. The molecule has 0 saturated heterocycles. The van der Waals surface area contributed by atoms with E-state index in [0.29, 0.717) is 28.2 Å². The predicted molar refractivity (Wildman–Crippen MR) is 61.9 cm³/mol. The fraction of sp³-hybridized carbons (Fsp3) is 0.250. The standard InChI is InChI=1S/C12H11ClO3/c1-3-15-12(14)8-6-16-11-7(2)4-5-9(13)10(8)11/h4-6H,3H2,1-2H3. The van der Waals surface area contributed by atoms with Crippen LogP contribution in [-0.2, 0) is 4.74 Å². The summed E-state index contributed by atoms with van der Waals surface area (Å²) in [7, 11) is 0. The molecule has 0 saturated carbocycles. The minimum atomic E-state index is -0.409. The number of benzene rings is 1. The van der Waals surface area contributed by atoms with Gasteiger partial charge in [-0.2, -0.15) is 0 Å². The summed E-state index contributed by atoms with van der Waals surface area (Å²) in [4.78, 5) is 11.6. The summed E-state index contributed by atoms with van der Waals surface area (Å²) in [5.74, 6) is -0.409. The first-order valence-corrected chi connectivity index (χ1v) is 5.36. The van der Waals surface area contributed by atoms with Gasteiger partial charge >= 0.3 is 5.97 Å². The number of fused-ring (bicyclic) bond motifs is 1. The fourth-order valence-corrected chi connectivity index (χ4v) is 1.85. The fourth-order valence-electron chi connectivity index (χ4n) is 1.60. The lowest BCUT2D eigenvalue weighted by molar-refractivity contribution is 0.0527. The summed E-state index contributed by atoms with van der Waals surface area (Å²) in [5, 5.41) is 1.12. The summed E-state index contributed by atoms with van der Waals surface area (Å²) in [6, 6.07) is 3.60. The van der Waals surface area contributed by atoms with Crippen LogP contribution in [0.3, 0.4) is 0 Å². The summed E-state index contributed by atoms with van der Waals surface area (Å²) >= 11 is 6.05. The highest BCUT2D eigenvalue weighted by Crippen LogP contribution is 2.31. The lowest BCUT2D eigenvalue weighted by Crippen LogP contribution is -2.03. The minimum Gasteiger partial charge on any atom is -0.463 e. The SMILES string of the molecule is CCOC(=O)c1coc2c(C)ccc(Cl)c12. The second-order valence-electron chi connectivity index (χ2n) is 3.44. The molecule has 0 fully saturated rings. The zero-order valence-electron chi connectivity index (χ0n) is 9.04. The monoisotopic (exact) mass is 238 g/mol. The number of ether oxygens (including phenoxy) is 1.